The predicted octanol–water partition coefficient (Wildman–Crippen LogP) is 5.31. The van der Waals surface area contributed by atoms with Crippen LogP contribution < -0.4 is 5.32 Å². The summed E-state index contributed by atoms with van der Waals surface area (Å²) in [4.78, 5) is 14.4. The van der Waals surface area contributed by atoms with Gasteiger partial charge in [-0.25, -0.2) is 0 Å². The fourth-order valence-electron chi connectivity index (χ4n) is 2.42. The average Bonchev–Trinajstić information content (AvgIpc) is 2.60. The second-order valence-electron chi connectivity index (χ2n) is 5.99. The number of hydrogen-bond donors (Lipinski definition) is 2. The topological polar surface area (TPSA) is 87.8 Å². The molecule has 2 rings (SSSR count). The minimum Gasteiger partial charge on any atom is -0.506 e. The molecule has 0 aliphatic heterocycles. The summed E-state index contributed by atoms with van der Waals surface area (Å²) in [7, 11) is 0. The number of hydrogen-bond acceptors (Lipinski definition) is 5. The van der Waals surface area contributed by atoms with E-state index in [1.165, 1.54) is 6.21 Å². The number of anilines is 1. The monoisotopic (exact) mass is 459 g/mol. The lowest BCUT2D eigenvalue weighted by Gasteiger charge is -2.10. The zero-order chi connectivity index (χ0) is 20.9. The maximum Gasteiger partial charge on any atom is 0.416 e. The van der Waals surface area contributed by atoms with Gasteiger partial charge in [-0.05, 0) is 59.1 Å². The van der Waals surface area contributed by atoms with Crippen LogP contribution >= 0.6 is 15.9 Å². The molecular formula is C18H17BrF3N3O3. The van der Waals surface area contributed by atoms with Gasteiger partial charge in [0.25, 0.3) is 5.69 Å². The molecule has 0 bridgehead atoms. The smallest absolute Gasteiger partial charge is 0.416 e. The van der Waals surface area contributed by atoms with Crippen molar-refractivity contribution in [2.24, 2.45) is 4.99 Å². The van der Waals surface area contributed by atoms with Gasteiger partial charge in [0.15, 0.2) is 0 Å². The fraction of sp³-hybridized carbons (Fsp3) is 0.278. The van der Waals surface area contributed by atoms with Gasteiger partial charge in [-0.2, -0.15) is 13.2 Å². The Hall–Kier alpha value is -2.62. The number of nitro benzene ring substituents is 1. The van der Waals surface area contributed by atoms with Crippen molar-refractivity contribution >= 4 is 33.5 Å². The zero-order valence-electron chi connectivity index (χ0n) is 14.8. The molecule has 0 spiro atoms. The van der Waals surface area contributed by atoms with Crippen molar-refractivity contribution in [2.75, 3.05) is 18.4 Å². The van der Waals surface area contributed by atoms with E-state index < -0.39 is 22.4 Å². The summed E-state index contributed by atoms with van der Waals surface area (Å²) in [5.74, 6) is 0.0767. The second kappa shape index (κ2) is 9.05. The van der Waals surface area contributed by atoms with Crippen molar-refractivity contribution in [3.8, 4) is 5.75 Å². The Labute approximate surface area is 167 Å². The number of alkyl halides is 3. The predicted molar refractivity (Wildman–Crippen MR) is 104 cm³/mol. The Bertz CT molecular complexity index is 902. The van der Waals surface area contributed by atoms with Crippen LogP contribution in [0.15, 0.2) is 39.8 Å². The van der Waals surface area contributed by atoms with Gasteiger partial charge in [-0.3, -0.25) is 15.1 Å². The van der Waals surface area contributed by atoms with Gasteiger partial charge in [-0.15, -0.1) is 0 Å². The lowest BCUT2D eigenvalue weighted by atomic mass is 10.1. The van der Waals surface area contributed by atoms with E-state index in [2.05, 4.69) is 26.2 Å². The van der Waals surface area contributed by atoms with Crippen LogP contribution in [0.3, 0.4) is 0 Å². The number of nitrogens with one attached hydrogen (secondary N) is 1. The summed E-state index contributed by atoms with van der Waals surface area (Å²) in [5.41, 5.74) is -0.186. The number of benzene rings is 2. The number of aromatic hydroxyl groups is 1. The molecule has 0 heterocycles. The van der Waals surface area contributed by atoms with Crippen LogP contribution in [-0.4, -0.2) is 29.3 Å². The molecule has 10 heteroatoms. The van der Waals surface area contributed by atoms with Gasteiger partial charge in [0.2, 0.25) is 0 Å². The summed E-state index contributed by atoms with van der Waals surface area (Å²) < 4.78 is 38.6. The third-order valence-corrected chi connectivity index (χ3v) is 4.37. The Kier molecular flexibility index (Phi) is 7.00. The summed E-state index contributed by atoms with van der Waals surface area (Å²) in [6.07, 6.45) is -2.63. The van der Waals surface area contributed by atoms with E-state index in [9.17, 15) is 28.4 Å². The molecule has 0 fully saturated rings. The van der Waals surface area contributed by atoms with Gasteiger partial charge < -0.3 is 10.4 Å². The SMILES string of the molecule is Cc1cc(Br)c(O)c(C=NCCCNc2ccc(C(F)(F)F)cc2[N+](=O)[O-])c1. The molecule has 2 N–H and O–H groups in total. The third-order valence-electron chi connectivity index (χ3n) is 3.77. The molecule has 0 aliphatic rings. The molecule has 6 nitrogen and oxygen atoms in total. The second-order valence-corrected chi connectivity index (χ2v) is 6.84. The Morgan fingerprint density at radius 2 is 2.04 bits per heavy atom. The van der Waals surface area contributed by atoms with Crippen molar-refractivity contribution < 1.29 is 23.2 Å². The number of rotatable bonds is 7. The zero-order valence-corrected chi connectivity index (χ0v) is 16.3. The lowest BCUT2D eigenvalue weighted by Crippen LogP contribution is -2.09. The molecule has 0 saturated carbocycles. The molecule has 0 atom stereocenters. The van der Waals surface area contributed by atoms with E-state index in [-0.39, 0.29) is 18.0 Å². The van der Waals surface area contributed by atoms with Crippen molar-refractivity contribution in [3.63, 3.8) is 0 Å². The van der Waals surface area contributed by atoms with Crippen molar-refractivity contribution in [2.45, 2.75) is 19.5 Å². The van der Waals surface area contributed by atoms with Crippen LogP contribution in [0.5, 0.6) is 5.75 Å². The van der Waals surface area contributed by atoms with E-state index in [1.807, 2.05) is 6.92 Å². The van der Waals surface area contributed by atoms with E-state index in [0.717, 1.165) is 17.7 Å². The first-order valence-electron chi connectivity index (χ1n) is 8.18. The van der Waals surface area contributed by atoms with Crippen molar-refractivity contribution in [1.82, 2.24) is 0 Å². The average molecular weight is 460 g/mol. The van der Waals surface area contributed by atoms with Gasteiger partial charge in [0.05, 0.1) is 15.0 Å². The van der Waals surface area contributed by atoms with Crippen LogP contribution in [0, 0.1) is 17.0 Å². The summed E-state index contributed by atoms with van der Waals surface area (Å²) in [6, 6.07) is 5.90. The summed E-state index contributed by atoms with van der Waals surface area (Å²) >= 11 is 3.25. The number of nitrogens with zero attached hydrogens (tertiary/aromatic N) is 2. The fourth-order valence-corrected chi connectivity index (χ4v) is 3.01. The Balaban J connectivity index is 1.94. The maximum absolute atomic E-state index is 12.7. The molecular weight excluding hydrogens is 443 g/mol. The number of phenols is 1. The maximum atomic E-state index is 12.7. The molecule has 0 amide bonds. The molecule has 0 radical (unpaired) electrons. The largest absolute Gasteiger partial charge is 0.506 e. The Morgan fingerprint density at radius 1 is 1.32 bits per heavy atom. The minimum absolute atomic E-state index is 0.0160. The van der Waals surface area contributed by atoms with Crippen LogP contribution in [-0.2, 0) is 6.18 Å². The molecule has 0 unspecified atom stereocenters. The van der Waals surface area contributed by atoms with Gasteiger partial charge >= 0.3 is 6.18 Å². The lowest BCUT2D eigenvalue weighted by molar-refractivity contribution is -0.384. The van der Waals surface area contributed by atoms with E-state index in [4.69, 9.17) is 0 Å². The van der Waals surface area contributed by atoms with E-state index >= 15 is 0 Å². The number of aliphatic imine (C=N–C) groups is 1. The molecule has 2 aromatic rings. The third kappa shape index (κ3) is 5.69. The first-order chi connectivity index (χ1) is 13.1. The van der Waals surface area contributed by atoms with Gasteiger partial charge in [0, 0.05) is 30.9 Å². The minimum atomic E-state index is -4.64. The summed E-state index contributed by atoms with van der Waals surface area (Å²) in [5, 5.41) is 23.7. The summed E-state index contributed by atoms with van der Waals surface area (Å²) in [6.45, 7) is 2.53. The highest BCUT2D eigenvalue weighted by molar-refractivity contribution is 9.10. The van der Waals surface area contributed by atoms with Crippen LogP contribution in [0.25, 0.3) is 0 Å². The molecule has 0 saturated heterocycles. The van der Waals surface area contributed by atoms with E-state index in [0.29, 0.717) is 29.1 Å². The molecule has 0 aliphatic carbocycles. The first kappa shape index (κ1) is 21.7. The number of nitro groups is 1. The van der Waals surface area contributed by atoms with Gasteiger partial charge in [0.1, 0.15) is 11.4 Å². The van der Waals surface area contributed by atoms with Crippen LogP contribution in [0.4, 0.5) is 24.5 Å². The molecule has 150 valence electrons. The molecule has 28 heavy (non-hydrogen) atoms. The first-order valence-corrected chi connectivity index (χ1v) is 8.97. The highest BCUT2D eigenvalue weighted by Gasteiger charge is 2.32. The van der Waals surface area contributed by atoms with Gasteiger partial charge in [-0.1, -0.05) is 0 Å². The normalized spacial score (nSPS) is 11.8. The van der Waals surface area contributed by atoms with Crippen LogP contribution in [0.2, 0.25) is 0 Å². The molecule has 0 aromatic heterocycles. The Morgan fingerprint density at radius 3 is 2.68 bits per heavy atom. The highest BCUT2D eigenvalue weighted by atomic mass is 79.9. The van der Waals surface area contributed by atoms with E-state index in [1.54, 1.807) is 12.1 Å². The highest BCUT2D eigenvalue weighted by Crippen LogP contribution is 2.35. The molecule has 2 aromatic carbocycles. The number of aryl methyl sites for hydroxylation is 1. The quantitative estimate of drug-likeness (QED) is 0.254. The number of halogens is 4. The van der Waals surface area contributed by atoms with Crippen LogP contribution in [0.1, 0.15) is 23.1 Å². The standard InChI is InChI=1S/C18H17BrF3N3O3/c1-11-7-12(17(26)14(19)8-11)10-23-5-2-6-24-15-4-3-13(18(20,21)22)9-16(15)25(27)28/h3-4,7-10,24,26H,2,5-6H2,1H3. The van der Waals surface area contributed by atoms with Crippen molar-refractivity contribution in [1.29, 1.82) is 0 Å². The number of phenolic OH excluding ortho intramolecular Hbond substituents is 1. The van der Waals surface area contributed by atoms with Crippen molar-refractivity contribution in [3.05, 3.63) is 61.6 Å².